The normalized spacial score (nSPS) is 18.6. The fourth-order valence-electron chi connectivity index (χ4n) is 2.36. The van der Waals surface area contributed by atoms with E-state index in [2.05, 4.69) is 4.90 Å². The highest BCUT2D eigenvalue weighted by molar-refractivity contribution is 5.92. The fourth-order valence-corrected chi connectivity index (χ4v) is 2.36. The third kappa shape index (κ3) is 2.98. The van der Waals surface area contributed by atoms with Crippen LogP contribution >= 0.6 is 0 Å². The van der Waals surface area contributed by atoms with Crippen LogP contribution in [0.5, 0.6) is 0 Å². The summed E-state index contributed by atoms with van der Waals surface area (Å²) in [4.78, 5) is 13.8. The number of aliphatic hydroxyl groups excluding tert-OH is 1. The van der Waals surface area contributed by atoms with Gasteiger partial charge in [-0.1, -0.05) is 0 Å². The number of nitrogens with zero attached hydrogens (tertiary/aromatic N) is 1. The molecule has 0 bridgehead atoms. The molecule has 1 aromatic carbocycles. The van der Waals surface area contributed by atoms with Gasteiger partial charge in [-0.2, -0.15) is 0 Å². The second-order valence-electron chi connectivity index (χ2n) is 4.78. The van der Waals surface area contributed by atoms with Gasteiger partial charge in [0.05, 0.1) is 23.5 Å². The Morgan fingerprint density at radius 3 is 3.00 bits per heavy atom. The number of esters is 1. The summed E-state index contributed by atoms with van der Waals surface area (Å²) in [5.74, 6) is -0.0488. The largest absolute Gasteiger partial charge is 0.462 e. The van der Waals surface area contributed by atoms with Crippen molar-refractivity contribution >= 4 is 17.3 Å². The zero-order valence-electron chi connectivity index (χ0n) is 11.1. The van der Waals surface area contributed by atoms with Gasteiger partial charge in [0.25, 0.3) is 0 Å². The third-order valence-electron chi connectivity index (χ3n) is 3.43. The molecule has 0 saturated carbocycles. The average molecular weight is 264 g/mol. The van der Waals surface area contributed by atoms with Crippen molar-refractivity contribution in [2.45, 2.75) is 13.3 Å². The van der Waals surface area contributed by atoms with Crippen molar-refractivity contribution < 1.29 is 14.6 Å². The quantitative estimate of drug-likeness (QED) is 0.632. The van der Waals surface area contributed by atoms with E-state index in [0.717, 1.165) is 25.2 Å². The lowest BCUT2D eigenvalue weighted by Gasteiger charge is -2.21. The molecule has 0 radical (unpaired) electrons. The van der Waals surface area contributed by atoms with Gasteiger partial charge in [0.15, 0.2) is 0 Å². The van der Waals surface area contributed by atoms with Gasteiger partial charge in [-0.05, 0) is 31.5 Å². The molecule has 1 heterocycles. The van der Waals surface area contributed by atoms with Crippen LogP contribution in [0.3, 0.4) is 0 Å². The van der Waals surface area contributed by atoms with Crippen molar-refractivity contribution in [1.82, 2.24) is 0 Å². The number of hydrogen-bond donors (Lipinski definition) is 2. The van der Waals surface area contributed by atoms with Crippen LogP contribution in [0.25, 0.3) is 0 Å². The van der Waals surface area contributed by atoms with Crippen LogP contribution in [0.15, 0.2) is 18.2 Å². The maximum absolute atomic E-state index is 11.7. The van der Waals surface area contributed by atoms with Crippen LogP contribution in [-0.2, 0) is 4.74 Å². The zero-order chi connectivity index (χ0) is 13.8. The number of carbonyl (C=O) groups is 1. The van der Waals surface area contributed by atoms with Crippen LogP contribution in [0.1, 0.15) is 23.7 Å². The van der Waals surface area contributed by atoms with Gasteiger partial charge in [0, 0.05) is 25.6 Å². The molecule has 5 heteroatoms. The minimum Gasteiger partial charge on any atom is -0.462 e. The number of benzene rings is 1. The molecule has 1 aliphatic heterocycles. The number of nitrogens with two attached hydrogens (primary N) is 1. The van der Waals surface area contributed by atoms with Gasteiger partial charge >= 0.3 is 5.97 Å². The predicted molar refractivity (Wildman–Crippen MR) is 74.2 cm³/mol. The first-order chi connectivity index (χ1) is 9.15. The average Bonchev–Trinajstić information content (AvgIpc) is 2.88. The fraction of sp³-hybridized carbons (Fsp3) is 0.500. The Morgan fingerprint density at radius 1 is 1.58 bits per heavy atom. The van der Waals surface area contributed by atoms with Gasteiger partial charge in [-0.15, -0.1) is 0 Å². The number of anilines is 2. The highest BCUT2D eigenvalue weighted by Gasteiger charge is 2.24. The lowest BCUT2D eigenvalue weighted by Crippen LogP contribution is -2.22. The van der Waals surface area contributed by atoms with Crippen molar-refractivity contribution in [1.29, 1.82) is 0 Å². The van der Waals surface area contributed by atoms with Crippen LogP contribution in [-0.4, -0.2) is 37.4 Å². The first kappa shape index (κ1) is 13.7. The van der Waals surface area contributed by atoms with E-state index in [1.54, 1.807) is 25.1 Å². The molecule has 1 aliphatic rings. The summed E-state index contributed by atoms with van der Waals surface area (Å²) in [6, 6.07) is 5.18. The Hall–Kier alpha value is -1.75. The van der Waals surface area contributed by atoms with E-state index >= 15 is 0 Å². The van der Waals surface area contributed by atoms with Crippen molar-refractivity contribution in [3.8, 4) is 0 Å². The standard InChI is InChI=1S/C14H20N2O3/c1-2-19-14(18)11-3-4-12(15)13(7-11)16-6-5-10(8-16)9-17/h3-4,7,10,17H,2,5-6,8-9,15H2,1H3. The summed E-state index contributed by atoms with van der Waals surface area (Å²) in [6.45, 7) is 3.94. The van der Waals surface area contributed by atoms with Gasteiger partial charge < -0.3 is 20.5 Å². The molecular weight excluding hydrogens is 244 g/mol. The number of carbonyl (C=O) groups excluding carboxylic acids is 1. The Balaban J connectivity index is 2.20. The molecule has 19 heavy (non-hydrogen) atoms. The maximum Gasteiger partial charge on any atom is 0.338 e. The topological polar surface area (TPSA) is 75.8 Å². The predicted octanol–water partition coefficient (Wildman–Crippen LogP) is 1.26. The Labute approximate surface area is 113 Å². The number of aliphatic hydroxyl groups is 1. The van der Waals surface area contributed by atoms with E-state index in [-0.39, 0.29) is 18.5 Å². The molecular formula is C14H20N2O3. The summed E-state index contributed by atoms with van der Waals surface area (Å²) >= 11 is 0. The zero-order valence-corrected chi connectivity index (χ0v) is 11.1. The highest BCUT2D eigenvalue weighted by Crippen LogP contribution is 2.29. The molecule has 1 fully saturated rings. The number of nitrogen functional groups attached to an aromatic ring is 1. The van der Waals surface area contributed by atoms with E-state index in [9.17, 15) is 9.90 Å². The SMILES string of the molecule is CCOC(=O)c1ccc(N)c(N2CCC(CO)C2)c1. The molecule has 104 valence electrons. The van der Waals surface area contributed by atoms with Crippen molar-refractivity contribution in [2.75, 3.05) is 36.9 Å². The van der Waals surface area contributed by atoms with E-state index in [1.165, 1.54) is 0 Å². The first-order valence-corrected chi connectivity index (χ1v) is 6.58. The molecule has 3 N–H and O–H groups in total. The second-order valence-corrected chi connectivity index (χ2v) is 4.78. The van der Waals surface area contributed by atoms with Gasteiger partial charge in [0.1, 0.15) is 0 Å². The number of rotatable bonds is 4. The van der Waals surface area contributed by atoms with Gasteiger partial charge in [-0.3, -0.25) is 0 Å². The van der Waals surface area contributed by atoms with Crippen molar-refractivity contribution in [3.05, 3.63) is 23.8 Å². The van der Waals surface area contributed by atoms with Gasteiger partial charge in [-0.25, -0.2) is 4.79 Å². The molecule has 0 aromatic heterocycles. The highest BCUT2D eigenvalue weighted by atomic mass is 16.5. The Kier molecular flexibility index (Phi) is 4.27. The molecule has 1 unspecified atom stereocenters. The minimum absolute atomic E-state index is 0.188. The molecule has 1 atom stereocenters. The summed E-state index contributed by atoms with van der Waals surface area (Å²) in [6.07, 6.45) is 0.944. The Morgan fingerprint density at radius 2 is 2.37 bits per heavy atom. The van der Waals surface area contributed by atoms with Crippen LogP contribution in [0, 0.1) is 5.92 Å². The van der Waals surface area contributed by atoms with Gasteiger partial charge in [0.2, 0.25) is 0 Å². The van der Waals surface area contributed by atoms with E-state index in [1.807, 2.05) is 0 Å². The van der Waals surface area contributed by atoms with E-state index in [4.69, 9.17) is 10.5 Å². The number of hydrogen-bond acceptors (Lipinski definition) is 5. The van der Waals surface area contributed by atoms with Crippen molar-refractivity contribution in [2.24, 2.45) is 5.92 Å². The minimum atomic E-state index is -0.332. The monoisotopic (exact) mass is 264 g/mol. The van der Waals surface area contributed by atoms with Crippen LogP contribution in [0.2, 0.25) is 0 Å². The molecule has 2 rings (SSSR count). The smallest absolute Gasteiger partial charge is 0.338 e. The summed E-state index contributed by atoms with van der Waals surface area (Å²) < 4.78 is 4.99. The lowest BCUT2D eigenvalue weighted by atomic mass is 10.1. The van der Waals surface area contributed by atoms with Crippen molar-refractivity contribution in [3.63, 3.8) is 0 Å². The first-order valence-electron chi connectivity index (χ1n) is 6.58. The maximum atomic E-state index is 11.7. The lowest BCUT2D eigenvalue weighted by molar-refractivity contribution is 0.0526. The van der Waals surface area contributed by atoms with Crippen LogP contribution < -0.4 is 10.6 Å². The number of ether oxygens (including phenoxy) is 1. The van der Waals surface area contributed by atoms with E-state index < -0.39 is 0 Å². The van der Waals surface area contributed by atoms with E-state index in [0.29, 0.717) is 17.9 Å². The Bertz CT molecular complexity index is 462. The molecule has 0 amide bonds. The molecule has 0 spiro atoms. The molecule has 1 saturated heterocycles. The van der Waals surface area contributed by atoms with Crippen LogP contribution in [0.4, 0.5) is 11.4 Å². The summed E-state index contributed by atoms with van der Waals surface area (Å²) in [5.41, 5.74) is 7.98. The summed E-state index contributed by atoms with van der Waals surface area (Å²) in [7, 11) is 0. The third-order valence-corrected chi connectivity index (χ3v) is 3.43. The second kappa shape index (κ2) is 5.93. The molecule has 0 aliphatic carbocycles. The molecule has 1 aromatic rings. The molecule has 5 nitrogen and oxygen atoms in total. The summed E-state index contributed by atoms with van der Waals surface area (Å²) in [5, 5.41) is 9.18.